The second-order valence-corrected chi connectivity index (χ2v) is 8.97. The zero-order valence-electron chi connectivity index (χ0n) is 19.6. The molecule has 9 heteroatoms. The fraction of sp³-hybridized carbons (Fsp3) is 0.308. The lowest BCUT2D eigenvalue weighted by Gasteiger charge is -2.56. The molecule has 0 aromatic carbocycles. The molecule has 0 radical (unpaired) electrons. The predicted molar refractivity (Wildman–Crippen MR) is 130 cm³/mol. The van der Waals surface area contributed by atoms with E-state index in [9.17, 15) is 5.26 Å². The minimum Gasteiger partial charge on any atom is -0.495 e. The summed E-state index contributed by atoms with van der Waals surface area (Å²) >= 11 is 0. The van der Waals surface area contributed by atoms with E-state index in [4.69, 9.17) is 14.5 Å². The average Bonchev–Trinajstić information content (AvgIpc) is 3.34. The van der Waals surface area contributed by atoms with Crippen LogP contribution in [0.25, 0.3) is 16.6 Å². The largest absolute Gasteiger partial charge is 0.495 e. The third-order valence-electron chi connectivity index (χ3n) is 7.05. The van der Waals surface area contributed by atoms with Gasteiger partial charge in [-0.2, -0.15) is 10.4 Å². The number of aromatic nitrogens is 4. The van der Waals surface area contributed by atoms with Crippen LogP contribution < -0.4 is 14.4 Å². The SMILES string of the molecule is COc1ccc(CN2C3CC2CN(c2ccc(-c4cc(OC)cn5ncc(C#N)c45)cn2)C3)nc1. The quantitative estimate of drug-likeness (QED) is 0.427. The highest BCUT2D eigenvalue weighted by Gasteiger charge is 2.44. The summed E-state index contributed by atoms with van der Waals surface area (Å²) < 4.78 is 12.3. The lowest BCUT2D eigenvalue weighted by molar-refractivity contribution is -0.00969. The van der Waals surface area contributed by atoms with Gasteiger partial charge in [0.1, 0.15) is 23.4 Å². The summed E-state index contributed by atoms with van der Waals surface area (Å²) in [7, 11) is 3.28. The van der Waals surface area contributed by atoms with Crippen molar-refractivity contribution >= 4 is 11.3 Å². The Kier molecular flexibility index (Phi) is 5.23. The Morgan fingerprint density at radius 1 is 1.00 bits per heavy atom. The van der Waals surface area contributed by atoms with E-state index in [2.05, 4.69) is 38.1 Å². The second-order valence-electron chi connectivity index (χ2n) is 8.97. The zero-order valence-corrected chi connectivity index (χ0v) is 19.6. The molecule has 3 fully saturated rings. The van der Waals surface area contributed by atoms with Crippen molar-refractivity contribution in [2.45, 2.75) is 25.0 Å². The molecule has 176 valence electrons. The monoisotopic (exact) mass is 467 g/mol. The number of anilines is 1. The Morgan fingerprint density at radius 3 is 2.49 bits per heavy atom. The van der Waals surface area contributed by atoms with E-state index in [1.54, 1.807) is 37.3 Å². The van der Waals surface area contributed by atoms with E-state index in [-0.39, 0.29) is 0 Å². The third kappa shape index (κ3) is 3.72. The van der Waals surface area contributed by atoms with Crippen LogP contribution in [-0.4, -0.2) is 63.9 Å². The predicted octanol–water partition coefficient (Wildman–Crippen LogP) is 3.14. The number of hydrogen-bond donors (Lipinski definition) is 0. The molecule has 35 heavy (non-hydrogen) atoms. The average molecular weight is 468 g/mol. The summed E-state index contributed by atoms with van der Waals surface area (Å²) in [6.07, 6.45) is 8.21. The number of nitriles is 1. The maximum Gasteiger partial charge on any atom is 0.137 e. The van der Waals surface area contributed by atoms with Crippen LogP contribution >= 0.6 is 0 Å². The molecule has 2 unspecified atom stereocenters. The topological polar surface area (TPSA) is 91.8 Å². The van der Waals surface area contributed by atoms with Crippen LogP contribution in [0.15, 0.2) is 55.1 Å². The summed E-state index contributed by atoms with van der Waals surface area (Å²) in [5.41, 5.74) is 4.14. The van der Waals surface area contributed by atoms with Crippen LogP contribution in [0.4, 0.5) is 5.82 Å². The van der Waals surface area contributed by atoms with Crippen molar-refractivity contribution in [3.05, 3.63) is 66.4 Å². The number of rotatable bonds is 6. The molecule has 4 aromatic rings. The first-order valence-electron chi connectivity index (χ1n) is 11.6. The molecule has 9 nitrogen and oxygen atoms in total. The Balaban J connectivity index is 1.19. The number of piperazine rings is 1. The number of ether oxygens (including phenoxy) is 2. The Morgan fingerprint density at radius 2 is 1.83 bits per heavy atom. The molecule has 0 spiro atoms. The van der Waals surface area contributed by atoms with E-state index in [1.165, 1.54) is 6.42 Å². The van der Waals surface area contributed by atoms with Gasteiger partial charge < -0.3 is 14.4 Å². The number of piperidine rings is 1. The number of fused-ring (bicyclic) bond motifs is 3. The van der Waals surface area contributed by atoms with Crippen molar-refractivity contribution in [3.8, 4) is 28.7 Å². The van der Waals surface area contributed by atoms with Gasteiger partial charge in [0.15, 0.2) is 0 Å². The van der Waals surface area contributed by atoms with Crippen LogP contribution in [0.1, 0.15) is 17.7 Å². The van der Waals surface area contributed by atoms with Crippen molar-refractivity contribution in [2.75, 3.05) is 32.2 Å². The molecule has 7 heterocycles. The van der Waals surface area contributed by atoms with Gasteiger partial charge in [-0.3, -0.25) is 9.88 Å². The molecular formula is C26H25N7O2. The van der Waals surface area contributed by atoms with Crippen molar-refractivity contribution in [1.82, 2.24) is 24.5 Å². The number of methoxy groups -OCH3 is 2. The summed E-state index contributed by atoms with van der Waals surface area (Å²) in [6, 6.07) is 13.3. The molecule has 0 saturated carbocycles. The fourth-order valence-corrected chi connectivity index (χ4v) is 5.19. The Bertz CT molecular complexity index is 1400. The first-order chi connectivity index (χ1) is 17.2. The van der Waals surface area contributed by atoms with Gasteiger partial charge >= 0.3 is 0 Å². The van der Waals surface area contributed by atoms with Crippen LogP contribution in [0, 0.1) is 11.3 Å². The van der Waals surface area contributed by atoms with Crippen LogP contribution in [-0.2, 0) is 6.54 Å². The summed E-state index contributed by atoms with van der Waals surface area (Å²) in [5, 5.41) is 13.8. The highest BCUT2D eigenvalue weighted by atomic mass is 16.5. The molecule has 7 rings (SSSR count). The molecule has 3 aliphatic heterocycles. The Labute approximate surface area is 203 Å². The number of hydrogen-bond acceptors (Lipinski definition) is 8. The van der Waals surface area contributed by atoms with Gasteiger partial charge in [-0.1, -0.05) is 0 Å². The molecular weight excluding hydrogens is 442 g/mol. The van der Waals surface area contributed by atoms with Crippen LogP contribution in [0.5, 0.6) is 11.5 Å². The van der Waals surface area contributed by atoms with E-state index in [0.717, 1.165) is 53.5 Å². The van der Waals surface area contributed by atoms with Crippen LogP contribution in [0.2, 0.25) is 0 Å². The minimum absolute atomic E-state index is 0.502. The molecule has 0 amide bonds. The smallest absolute Gasteiger partial charge is 0.137 e. The highest BCUT2D eigenvalue weighted by molar-refractivity contribution is 5.85. The van der Waals surface area contributed by atoms with Gasteiger partial charge in [0.2, 0.25) is 0 Å². The second kappa shape index (κ2) is 8.56. The van der Waals surface area contributed by atoms with E-state index in [1.807, 2.05) is 24.4 Å². The molecule has 2 atom stereocenters. The highest BCUT2D eigenvalue weighted by Crippen LogP contribution is 2.36. The van der Waals surface area contributed by atoms with Gasteiger partial charge in [0.25, 0.3) is 0 Å². The lowest BCUT2D eigenvalue weighted by atomic mass is 9.87. The molecule has 0 N–H and O–H groups in total. The van der Waals surface area contributed by atoms with Crippen molar-refractivity contribution < 1.29 is 9.47 Å². The summed E-state index contributed by atoms with van der Waals surface area (Å²) in [5.74, 6) is 2.43. The van der Waals surface area contributed by atoms with Crippen molar-refractivity contribution in [3.63, 3.8) is 0 Å². The number of nitrogens with zero attached hydrogens (tertiary/aromatic N) is 7. The first-order valence-corrected chi connectivity index (χ1v) is 11.6. The molecule has 0 aliphatic carbocycles. The maximum absolute atomic E-state index is 9.53. The zero-order chi connectivity index (χ0) is 23.9. The van der Waals surface area contributed by atoms with Crippen molar-refractivity contribution in [1.29, 1.82) is 5.26 Å². The number of pyridine rings is 3. The minimum atomic E-state index is 0.502. The Hall–Kier alpha value is -4.16. The maximum atomic E-state index is 9.53. The summed E-state index contributed by atoms with van der Waals surface area (Å²) in [6.45, 7) is 2.76. The fourth-order valence-electron chi connectivity index (χ4n) is 5.19. The third-order valence-corrected chi connectivity index (χ3v) is 7.05. The van der Waals surface area contributed by atoms with E-state index in [0.29, 0.717) is 23.4 Å². The van der Waals surface area contributed by atoms with Crippen molar-refractivity contribution in [2.24, 2.45) is 0 Å². The van der Waals surface area contributed by atoms with E-state index >= 15 is 0 Å². The molecule has 2 bridgehead atoms. The molecule has 3 aliphatic rings. The van der Waals surface area contributed by atoms with Gasteiger partial charge in [-0.25, -0.2) is 9.50 Å². The van der Waals surface area contributed by atoms with Gasteiger partial charge in [-0.05, 0) is 36.8 Å². The van der Waals surface area contributed by atoms with Gasteiger partial charge in [0.05, 0.1) is 49.6 Å². The normalized spacial score (nSPS) is 19.3. The van der Waals surface area contributed by atoms with Crippen LogP contribution in [0.3, 0.4) is 0 Å². The van der Waals surface area contributed by atoms with Gasteiger partial charge in [-0.15, -0.1) is 0 Å². The van der Waals surface area contributed by atoms with Gasteiger partial charge in [0, 0.05) is 49.0 Å². The molecule has 4 aromatic heterocycles. The van der Waals surface area contributed by atoms with E-state index < -0.39 is 0 Å². The summed E-state index contributed by atoms with van der Waals surface area (Å²) in [4.78, 5) is 14.2. The first kappa shape index (κ1) is 21.4. The molecule has 3 saturated heterocycles. The lowest BCUT2D eigenvalue weighted by Crippen LogP contribution is -2.68. The standard InChI is InChI=1S/C26H25N7O2/c1-34-22-5-4-19(28-12-22)13-32-20-7-21(32)15-31(14-20)25-6-3-17(10-29-25)24-8-23(35-2)16-33-26(24)18(9-27)11-30-33/h3-6,8,10-12,16,20-21H,7,13-15H2,1-2H3.